The number of rotatable bonds is 4. The van der Waals surface area contributed by atoms with Gasteiger partial charge in [-0.2, -0.15) is 8.78 Å². The first kappa shape index (κ1) is 12.3. The highest BCUT2D eigenvalue weighted by Crippen LogP contribution is 2.31. The van der Waals surface area contributed by atoms with E-state index in [0.29, 0.717) is 0 Å². The van der Waals surface area contributed by atoms with Crippen LogP contribution in [0.2, 0.25) is 0 Å². The van der Waals surface area contributed by atoms with Crippen LogP contribution in [0.5, 0.6) is 0 Å². The third kappa shape index (κ3) is 3.13. The highest BCUT2D eigenvalue weighted by molar-refractivity contribution is 9.09. The summed E-state index contributed by atoms with van der Waals surface area (Å²) in [6.45, 7) is 0.0998. The van der Waals surface area contributed by atoms with Crippen molar-refractivity contribution in [3.05, 3.63) is 0 Å². The maximum absolute atomic E-state index is 11.9. The van der Waals surface area contributed by atoms with Gasteiger partial charge in [0.25, 0.3) is 10.0 Å². The zero-order chi connectivity index (χ0) is 10.8. The molecule has 1 rings (SSSR count). The third-order valence-corrected chi connectivity index (χ3v) is 4.59. The minimum Gasteiger partial charge on any atom is -0.210 e. The second-order valence-corrected chi connectivity index (χ2v) is 6.27. The molecule has 7 heteroatoms. The number of halogens is 3. The van der Waals surface area contributed by atoms with Crippen molar-refractivity contribution in [1.82, 2.24) is 4.72 Å². The second-order valence-electron chi connectivity index (χ2n) is 3.36. The first-order valence-electron chi connectivity index (χ1n) is 4.34. The van der Waals surface area contributed by atoms with E-state index in [1.807, 2.05) is 4.72 Å². The first-order chi connectivity index (χ1) is 6.43. The molecule has 0 spiro atoms. The van der Waals surface area contributed by atoms with Crippen LogP contribution in [0, 0.1) is 5.92 Å². The molecule has 2 unspecified atom stereocenters. The fourth-order valence-corrected chi connectivity index (χ4v) is 2.86. The number of hydrogen-bond acceptors (Lipinski definition) is 2. The van der Waals surface area contributed by atoms with E-state index in [-0.39, 0.29) is 17.3 Å². The molecule has 1 aliphatic carbocycles. The van der Waals surface area contributed by atoms with Crippen molar-refractivity contribution >= 4 is 26.0 Å². The lowest BCUT2D eigenvalue weighted by Gasteiger charge is -2.14. The molecule has 0 saturated heterocycles. The third-order valence-electron chi connectivity index (χ3n) is 2.35. The zero-order valence-corrected chi connectivity index (χ0v) is 9.82. The van der Waals surface area contributed by atoms with E-state index in [1.54, 1.807) is 0 Å². The molecule has 0 aromatic carbocycles. The molecule has 14 heavy (non-hydrogen) atoms. The molecule has 2 atom stereocenters. The SMILES string of the molecule is O=S(=O)(NCC1CCCC1Br)C(F)F. The summed E-state index contributed by atoms with van der Waals surface area (Å²) in [4.78, 5) is 0.239. The summed E-state index contributed by atoms with van der Waals surface area (Å²) < 4.78 is 47.2. The minimum absolute atomic E-state index is 0.0998. The van der Waals surface area contributed by atoms with E-state index >= 15 is 0 Å². The van der Waals surface area contributed by atoms with Gasteiger partial charge in [0.1, 0.15) is 0 Å². The Morgan fingerprint density at radius 2 is 2.07 bits per heavy atom. The molecule has 84 valence electrons. The Balaban J connectivity index is 2.40. The minimum atomic E-state index is -4.41. The topological polar surface area (TPSA) is 46.2 Å². The molecule has 0 bridgehead atoms. The normalized spacial score (nSPS) is 28.6. The summed E-state index contributed by atoms with van der Waals surface area (Å²) in [5.41, 5.74) is 0. The van der Waals surface area contributed by atoms with Gasteiger partial charge in [-0.3, -0.25) is 0 Å². The van der Waals surface area contributed by atoms with E-state index in [4.69, 9.17) is 0 Å². The van der Waals surface area contributed by atoms with E-state index in [0.717, 1.165) is 19.3 Å². The van der Waals surface area contributed by atoms with Gasteiger partial charge >= 0.3 is 5.76 Å². The Morgan fingerprint density at radius 3 is 2.50 bits per heavy atom. The second kappa shape index (κ2) is 4.85. The average molecular weight is 292 g/mol. The summed E-state index contributed by atoms with van der Waals surface area (Å²) in [6.07, 6.45) is 2.86. The van der Waals surface area contributed by atoms with Gasteiger partial charge in [0, 0.05) is 11.4 Å². The lowest BCUT2D eigenvalue weighted by Crippen LogP contribution is -2.34. The predicted molar refractivity (Wildman–Crippen MR) is 53.0 cm³/mol. The standard InChI is InChI=1S/C7H12BrF2NO2S/c8-6-3-1-2-5(6)4-11-14(12,13)7(9)10/h5-7,11H,1-4H2. The maximum Gasteiger partial charge on any atom is 0.350 e. The van der Waals surface area contributed by atoms with Gasteiger partial charge in [-0.15, -0.1) is 0 Å². The summed E-state index contributed by atoms with van der Waals surface area (Å²) in [7, 11) is -4.41. The molecule has 1 fully saturated rings. The van der Waals surface area contributed by atoms with Crippen molar-refractivity contribution in [2.24, 2.45) is 5.92 Å². The smallest absolute Gasteiger partial charge is 0.210 e. The summed E-state index contributed by atoms with van der Waals surface area (Å²) in [5.74, 6) is -3.21. The molecule has 0 aliphatic heterocycles. The van der Waals surface area contributed by atoms with Gasteiger partial charge in [-0.25, -0.2) is 13.1 Å². The summed E-state index contributed by atoms with van der Waals surface area (Å²) in [6, 6.07) is 0. The fourth-order valence-electron chi connectivity index (χ4n) is 1.51. The molecule has 0 radical (unpaired) electrons. The number of nitrogens with one attached hydrogen (secondary N) is 1. The van der Waals surface area contributed by atoms with Crippen molar-refractivity contribution in [1.29, 1.82) is 0 Å². The van der Waals surface area contributed by atoms with Crippen molar-refractivity contribution in [2.45, 2.75) is 29.8 Å². The molecule has 0 aromatic rings. The molecule has 0 amide bonds. The van der Waals surface area contributed by atoms with E-state index < -0.39 is 15.8 Å². The van der Waals surface area contributed by atoms with Crippen LogP contribution in [0.4, 0.5) is 8.78 Å². The van der Waals surface area contributed by atoms with Gasteiger partial charge in [-0.1, -0.05) is 22.4 Å². The lowest BCUT2D eigenvalue weighted by atomic mass is 10.1. The fraction of sp³-hybridized carbons (Fsp3) is 1.00. The van der Waals surface area contributed by atoms with Crippen LogP contribution in [-0.4, -0.2) is 25.5 Å². The molecular weight excluding hydrogens is 280 g/mol. The van der Waals surface area contributed by atoms with Crippen LogP contribution >= 0.6 is 15.9 Å². The monoisotopic (exact) mass is 291 g/mol. The van der Waals surface area contributed by atoms with Crippen LogP contribution in [0.15, 0.2) is 0 Å². The Kier molecular flexibility index (Phi) is 4.27. The quantitative estimate of drug-likeness (QED) is 0.802. The first-order valence-corrected chi connectivity index (χ1v) is 6.80. The number of hydrogen-bond donors (Lipinski definition) is 1. The maximum atomic E-state index is 11.9. The highest BCUT2D eigenvalue weighted by atomic mass is 79.9. The summed E-state index contributed by atoms with van der Waals surface area (Å²) in [5, 5.41) is 0. The highest BCUT2D eigenvalue weighted by Gasteiger charge is 2.29. The van der Waals surface area contributed by atoms with E-state index in [1.165, 1.54) is 0 Å². The zero-order valence-electron chi connectivity index (χ0n) is 7.42. The van der Waals surface area contributed by atoms with Crippen LogP contribution in [0.1, 0.15) is 19.3 Å². The molecular formula is C7H12BrF2NO2S. The summed E-state index contributed by atoms with van der Waals surface area (Å²) >= 11 is 3.39. The Hall–Kier alpha value is 0.250. The van der Waals surface area contributed by atoms with E-state index in [2.05, 4.69) is 15.9 Å². The Morgan fingerprint density at radius 1 is 1.43 bits per heavy atom. The number of alkyl halides is 3. The Bertz CT molecular complexity index is 283. The number of sulfonamides is 1. The molecule has 1 aliphatic rings. The van der Waals surface area contributed by atoms with Crippen molar-refractivity contribution in [3.63, 3.8) is 0 Å². The van der Waals surface area contributed by atoms with Crippen molar-refractivity contribution in [3.8, 4) is 0 Å². The predicted octanol–water partition coefficient (Wildman–Crippen LogP) is 1.69. The lowest BCUT2D eigenvalue weighted by molar-refractivity contribution is 0.232. The molecule has 1 saturated carbocycles. The van der Waals surface area contributed by atoms with Crippen LogP contribution in [-0.2, 0) is 10.0 Å². The van der Waals surface area contributed by atoms with Crippen molar-refractivity contribution in [2.75, 3.05) is 6.54 Å². The van der Waals surface area contributed by atoms with Crippen molar-refractivity contribution < 1.29 is 17.2 Å². The molecule has 0 aromatic heterocycles. The van der Waals surface area contributed by atoms with Gasteiger partial charge < -0.3 is 0 Å². The Labute approximate surface area is 90.4 Å². The van der Waals surface area contributed by atoms with Crippen LogP contribution in [0.25, 0.3) is 0 Å². The molecule has 1 N–H and O–H groups in total. The average Bonchev–Trinajstić information content (AvgIpc) is 2.47. The van der Waals surface area contributed by atoms with Gasteiger partial charge in [0.05, 0.1) is 0 Å². The van der Waals surface area contributed by atoms with Gasteiger partial charge in [-0.05, 0) is 18.8 Å². The van der Waals surface area contributed by atoms with Crippen LogP contribution in [0.3, 0.4) is 0 Å². The van der Waals surface area contributed by atoms with E-state index in [9.17, 15) is 17.2 Å². The molecule has 3 nitrogen and oxygen atoms in total. The van der Waals surface area contributed by atoms with Crippen LogP contribution < -0.4 is 4.72 Å². The largest absolute Gasteiger partial charge is 0.350 e. The van der Waals surface area contributed by atoms with Gasteiger partial charge in [0.2, 0.25) is 0 Å². The van der Waals surface area contributed by atoms with Gasteiger partial charge in [0.15, 0.2) is 0 Å². The molecule has 0 heterocycles.